The van der Waals surface area contributed by atoms with Gasteiger partial charge in [-0.05, 0) is 61.4 Å². The van der Waals surface area contributed by atoms with Crippen LogP contribution in [-0.2, 0) is 32.3 Å². The lowest BCUT2D eigenvalue weighted by molar-refractivity contribution is -0.132. The number of benzene rings is 3. The molecule has 2 amide bonds. The largest absolute Gasteiger partial charge is 0.394 e. The molecular formula is C32H42N2O5S. The van der Waals surface area contributed by atoms with Crippen molar-refractivity contribution in [2.75, 3.05) is 12.4 Å². The second-order valence-corrected chi connectivity index (χ2v) is 14.5. The Balaban J connectivity index is 1.85. The van der Waals surface area contributed by atoms with Gasteiger partial charge in [0.15, 0.2) is 9.84 Å². The van der Waals surface area contributed by atoms with Crippen LogP contribution in [0.4, 0.5) is 0 Å². The first-order chi connectivity index (χ1) is 18.8. The maximum absolute atomic E-state index is 13.7. The summed E-state index contributed by atoms with van der Waals surface area (Å²) in [6.45, 7) is 8.26. The van der Waals surface area contributed by atoms with Crippen molar-refractivity contribution in [3.63, 3.8) is 0 Å². The van der Waals surface area contributed by atoms with Crippen LogP contribution in [0.5, 0.6) is 0 Å². The monoisotopic (exact) mass is 566 g/mol. The van der Waals surface area contributed by atoms with Crippen molar-refractivity contribution in [3.8, 4) is 0 Å². The molecule has 3 rings (SSSR count). The molecule has 7 nitrogen and oxygen atoms in total. The average molecular weight is 567 g/mol. The number of fused-ring (bicyclic) bond motifs is 1. The van der Waals surface area contributed by atoms with E-state index in [1.54, 1.807) is 20.8 Å². The van der Waals surface area contributed by atoms with Gasteiger partial charge in [0, 0.05) is 0 Å². The van der Waals surface area contributed by atoms with Gasteiger partial charge < -0.3 is 15.7 Å². The maximum atomic E-state index is 13.7. The van der Waals surface area contributed by atoms with E-state index in [0.29, 0.717) is 6.42 Å². The average Bonchev–Trinajstić information content (AvgIpc) is 2.90. The third-order valence-electron chi connectivity index (χ3n) is 7.21. The molecule has 0 saturated carbocycles. The van der Waals surface area contributed by atoms with E-state index in [9.17, 15) is 23.1 Å². The summed E-state index contributed by atoms with van der Waals surface area (Å²) in [6, 6.07) is 21.7. The smallest absolute Gasteiger partial charge is 0.243 e. The van der Waals surface area contributed by atoms with Crippen LogP contribution in [0.25, 0.3) is 10.8 Å². The molecule has 3 atom stereocenters. The highest BCUT2D eigenvalue weighted by atomic mass is 32.2. The number of carbonyl (C=O) groups excluding carboxylic acids is 2. The Hall–Kier alpha value is -3.23. The first-order valence-corrected chi connectivity index (χ1v) is 15.4. The van der Waals surface area contributed by atoms with Crippen LogP contribution in [-0.4, -0.2) is 54.5 Å². The van der Waals surface area contributed by atoms with Gasteiger partial charge in [-0.1, -0.05) is 86.6 Å². The van der Waals surface area contributed by atoms with Crippen molar-refractivity contribution in [2.45, 2.75) is 64.3 Å². The minimum atomic E-state index is -3.64. The predicted molar refractivity (Wildman–Crippen MR) is 161 cm³/mol. The van der Waals surface area contributed by atoms with E-state index in [4.69, 9.17) is 0 Å². The molecule has 3 aromatic carbocycles. The molecule has 0 spiro atoms. The lowest BCUT2D eigenvalue weighted by atomic mass is 9.94. The number of sulfone groups is 1. The SMILES string of the molecule is CC(C)[C@H](NC(=O)[C@H](Cc1cccc2ccccc12)CS(=O)(=O)C(C)(C)C)C(=O)N[C@H](CO)Cc1ccccc1. The minimum absolute atomic E-state index is 0.211. The Morgan fingerprint density at radius 2 is 1.45 bits per heavy atom. The normalized spacial score (nSPS) is 14.5. The van der Waals surface area contributed by atoms with Gasteiger partial charge in [0.25, 0.3) is 0 Å². The molecule has 40 heavy (non-hydrogen) atoms. The van der Waals surface area contributed by atoms with Crippen molar-refractivity contribution in [1.29, 1.82) is 0 Å². The van der Waals surface area contributed by atoms with Gasteiger partial charge in [-0.2, -0.15) is 0 Å². The molecule has 0 saturated heterocycles. The van der Waals surface area contributed by atoms with Crippen LogP contribution < -0.4 is 10.6 Å². The summed E-state index contributed by atoms with van der Waals surface area (Å²) in [5.74, 6) is -2.41. The van der Waals surface area contributed by atoms with Gasteiger partial charge in [0.05, 0.1) is 29.1 Å². The van der Waals surface area contributed by atoms with Gasteiger partial charge in [-0.15, -0.1) is 0 Å². The van der Waals surface area contributed by atoms with Crippen LogP contribution in [0.15, 0.2) is 72.8 Å². The molecule has 0 aliphatic heterocycles. The lowest BCUT2D eigenvalue weighted by Crippen LogP contribution is -2.55. The first kappa shape index (κ1) is 31.3. The zero-order valence-corrected chi connectivity index (χ0v) is 24.9. The van der Waals surface area contributed by atoms with Crippen LogP contribution >= 0.6 is 0 Å². The van der Waals surface area contributed by atoms with Crippen LogP contribution in [0.2, 0.25) is 0 Å². The summed E-state index contributed by atoms with van der Waals surface area (Å²) >= 11 is 0. The molecule has 0 aliphatic rings. The first-order valence-electron chi connectivity index (χ1n) is 13.8. The molecule has 0 bridgehead atoms. The molecular weight excluding hydrogens is 524 g/mol. The molecule has 0 aliphatic carbocycles. The topological polar surface area (TPSA) is 113 Å². The van der Waals surface area contributed by atoms with Crippen molar-refractivity contribution in [1.82, 2.24) is 10.6 Å². The third kappa shape index (κ3) is 8.15. The van der Waals surface area contributed by atoms with Gasteiger partial charge in [-0.25, -0.2) is 8.42 Å². The van der Waals surface area contributed by atoms with Crippen LogP contribution in [0, 0.1) is 11.8 Å². The molecule has 8 heteroatoms. The van der Waals surface area contributed by atoms with Crippen molar-refractivity contribution in [3.05, 3.63) is 83.9 Å². The summed E-state index contributed by atoms with van der Waals surface area (Å²) < 4.78 is 25.5. The predicted octanol–water partition coefficient (Wildman–Crippen LogP) is 4.07. The number of hydrogen-bond donors (Lipinski definition) is 3. The van der Waals surface area contributed by atoms with Crippen molar-refractivity contribution >= 4 is 32.4 Å². The molecule has 216 valence electrons. The highest BCUT2D eigenvalue weighted by molar-refractivity contribution is 7.92. The molecule has 0 heterocycles. The molecule has 0 aromatic heterocycles. The second kappa shape index (κ2) is 13.4. The molecule has 0 fully saturated rings. The molecule has 0 unspecified atom stereocenters. The summed E-state index contributed by atoms with van der Waals surface area (Å²) in [7, 11) is -3.64. The Morgan fingerprint density at radius 1 is 0.825 bits per heavy atom. The van der Waals surface area contributed by atoms with Gasteiger partial charge >= 0.3 is 0 Å². The number of amides is 2. The number of rotatable bonds is 12. The Kier molecular flexibility index (Phi) is 10.5. The van der Waals surface area contributed by atoms with Crippen LogP contribution in [0.3, 0.4) is 0 Å². The maximum Gasteiger partial charge on any atom is 0.243 e. The number of carbonyl (C=O) groups is 2. The second-order valence-electron chi connectivity index (χ2n) is 11.7. The molecule has 3 N–H and O–H groups in total. The van der Waals surface area contributed by atoms with Crippen molar-refractivity contribution in [2.24, 2.45) is 11.8 Å². The molecule has 3 aromatic rings. The summed E-state index contributed by atoms with van der Waals surface area (Å²) in [5.41, 5.74) is 1.84. The van der Waals surface area contributed by atoms with E-state index in [-0.39, 0.29) is 24.7 Å². The Labute approximate surface area is 238 Å². The number of aliphatic hydroxyl groups is 1. The summed E-state index contributed by atoms with van der Waals surface area (Å²) in [5, 5.41) is 17.6. The summed E-state index contributed by atoms with van der Waals surface area (Å²) in [6.07, 6.45) is 0.650. The zero-order chi connectivity index (χ0) is 29.5. The standard InChI is InChI=1S/C32H42N2O5S/c1-22(2)29(31(37)33-27(20-35)18-23-12-7-6-8-13-23)34-30(36)26(21-40(38,39)32(3,4)5)19-25-16-11-15-24-14-9-10-17-28(24)25/h6-17,22,26-27,29,35H,18-21H2,1-5H3,(H,33,37)(H,34,36)/t26-,27+,29+/m1/s1. The lowest BCUT2D eigenvalue weighted by Gasteiger charge is -2.28. The van der Waals surface area contributed by atoms with E-state index >= 15 is 0 Å². The van der Waals surface area contributed by atoms with Gasteiger partial charge in [0.2, 0.25) is 11.8 Å². The number of hydrogen-bond acceptors (Lipinski definition) is 5. The zero-order valence-electron chi connectivity index (χ0n) is 24.1. The van der Waals surface area contributed by atoms with E-state index in [2.05, 4.69) is 10.6 Å². The fourth-order valence-electron chi connectivity index (χ4n) is 4.63. The quantitative estimate of drug-likeness (QED) is 0.306. The number of aliphatic hydroxyl groups excluding tert-OH is 1. The third-order valence-corrected chi connectivity index (χ3v) is 9.92. The fourth-order valence-corrected chi connectivity index (χ4v) is 5.93. The van der Waals surface area contributed by atoms with E-state index in [1.165, 1.54) is 0 Å². The summed E-state index contributed by atoms with van der Waals surface area (Å²) in [4.78, 5) is 27.1. The minimum Gasteiger partial charge on any atom is -0.394 e. The van der Waals surface area contributed by atoms with Crippen LogP contribution in [0.1, 0.15) is 45.7 Å². The van der Waals surface area contributed by atoms with Crippen molar-refractivity contribution < 1.29 is 23.1 Å². The number of nitrogens with one attached hydrogen (secondary N) is 2. The van der Waals surface area contributed by atoms with E-state index in [1.807, 2.05) is 86.6 Å². The Morgan fingerprint density at radius 3 is 2.08 bits per heavy atom. The van der Waals surface area contributed by atoms with E-state index < -0.39 is 44.4 Å². The highest BCUT2D eigenvalue weighted by Gasteiger charge is 2.36. The Bertz CT molecular complexity index is 1390. The molecule has 0 radical (unpaired) electrons. The van der Waals surface area contributed by atoms with Gasteiger partial charge in [-0.3, -0.25) is 9.59 Å². The van der Waals surface area contributed by atoms with Gasteiger partial charge in [0.1, 0.15) is 6.04 Å². The fraction of sp³-hybridized carbons (Fsp3) is 0.438. The highest BCUT2D eigenvalue weighted by Crippen LogP contribution is 2.25. The van der Waals surface area contributed by atoms with E-state index in [0.717, 1.165) is 21.9 Å².